The molecule has 0 aromatic carbocycles. The third-order valence-electron chi connectivity index (χ3n) is 4.06. The van der Waals surface area contributed by atoms with E-state index in [2.05, 4.69) is 10.6 Å². The molecular weight excluding hydrogens is 272 g/mol. The van der Waals surface area contributed by atoms with E-state index in [1.165, 1.54) is 0 Å². The number of rotatable bonds is 9. The lowest BCUT2D eigenvalue weighted by atomic mass is 9.82. The Kier molecular flexibility index (Phi) is 8.82. The molecule has 0 aliphatic heterocycles. The lowest BCUT2D eigenvalue weighted by molar-refractivity contribution is -0.143. The van der Waals surface area contributed by atoms with Gasteiger partial charge in [-0.1, -0.05) is 0 Å². The first-order chi connectivity index (χ1) is 10.1. The van der Waals surface area contributed by atoms with Crippen molar-refractivity contribution in [1.29, 1.82) is 0 Å². The van der Waals surface area contributed by atoms with E-state index >= 15 is 0 Å². The summed E-state index contributed by atoms with van der Waals surface area (Å²) in [4.78, 5) is 22.5. The van der Waals surface area contributed by atoms with Gasteiger partial charge in [-0.25, -0.2) is 4.79 Å². The van der Waals surface area contributed by atoms with Crippen LogP contribution in [0.2, 0.25) is 0 Å². The van der Waals surface area contributed by atoms with E-state index in [0.717, 1.165) is 51.6 Å². The monoisotopic (exact) mass is 300 g/mol. The second-order valence-corrected chi connectivity index (χ2v) is 5.75. The van der Waals surface area contributed by atoms with Crippen LogP contribution in [0.4, 0.5) is 4.79 Å². The smallest absolute Gasteiger partial charge is 0.314 e. The van der Waals surface area contributed by atoms with Crippen LogP contribution in [0.5, 0.6) is 0 Å². The molecule has 0 unspecified atom stereocenters. The molecule has 1 fully saturated rings. The fourth-order valence-electron chi connectivity index (χ4n) is 2.66. The second-order valence-electron chi connectivity index (χ2n) is 5.75. The van der Waals surface area contributed by atoms with Crippen LogP contribution in [0.1, 0.15) is 44.9 Å². The molecule has 1 rings (SSSR count). The van der Waals surface area contributed by atoms with E-state index < -0.39 is 5.97 Å². The van der Waals surface area contributed by atoms with Crippen LogP contribution in [0.25, 0.3) is 0 Å². The third-order valence-corrected chi connectivity index (χ3v) is 4.06. The molecule has 1 aliphatic carbocycles. The standard InChI is InChI=1S/C15H28N2O4/c1-21-10-4-2-3-9-16-15(20)17-11-12-5-7-13(8-6-12)14(18)19/h12-13H,2-11H2,1H3,(H,18,19)(H2,16,17,20). The molecule has 0 heterocycles. The van der Waals surface area contributed by atoms with Gasteiger partial charge in [0.15, 0.2) is 0 Å². The van der Waals surface area contributed by atoms with Crippen LogP contribution >= 0.6 is 0 Å². The number of nitrogens with one attached hydrogen (secondary N) is 2. The number of carboxylic acids is 1. The van der Waals surface area contributed by atoms with Gasteiger partial charge in [0.25, 0.3) is 0 Å². The van der Waals surface area contributed by atoms with Crippen LogP contribution in [0.3, 0.4) is 0 Å². The minimum Gasteiger partial charge on any atom is -0.481 e. The topological polar surface area (TPSA) is 87.7 Å². The van der Waals surface area contributed by atoms with Gasteiger partial charge >= 0.3 is 12.0 Å². The van der Waals surface area contributed by atoms with Crippen molar-refractivity contribution in [2.24, 2.45) is 11.8 Å². The Bertz CT molecular complexity index is 315. The first-order valence-corrected chi connectivity index (χ1v) is 7.87. The highest BCUT2D eigenvalue weighted by Gasteiger charge is 2.25. The summed E-state index contributed by atoms with van der Waals surface area (Å²) in [5.41, 5.74) is 0. The van der Waals surface area contributed by atoms with E-state index in [9.17, 15) is 9.59 Å². The summed E-state index contributed by atoms with van der Waals surface area (Å²) in [6.07, 6.45) is 6.24. The van der Waals surface area contributed by atoms with E-state index in [1.807, 2.05) is 0 Å². The summed E-state index contributed by atoms with van der Waals surface area (Å²) in [6, 6.07) is -0.123. The van der Waals surface area contributed by atoms with Gasteiger partial charge in [-0.2, -0.15) is 0 Å². The molecule has 0 saturated heterocycles. The number of methoxy groups -OCH3 is 1. The van der Waals surface area contributed by atoms with Gasteiger partial charge in [-0.3, -0.25) is 4.79 Å². The highest BCUT2D eigenvalue weighted by molar-refractivity contribution is 5.73. The molecule has 1 saturated carbocycles. The molecular formula is C15H28N2O4. The van der Waals surface area contributed by atoms with Gasteiger partial charge in [0, 0.05) is 26.8 Å². The Hall–Kier alpha value is -1.30. The van der Waals surface area contributed by atoms with E-state index in [0.29, 0.717) is 19.0 Å². The number of aliphatic carboxylic acids is 1. The van der Waals surface area contributed by atoms with Gasteiger partial charge in [0.1, 0.15) is 0 Å². The summed E-state index contributed by atoms with van der Waals surface area (Å²) in [5, 5.41) is 14.6. The van der Waals surface area contributed by atoms with Crippen molar-refractivity contribution in [3.8, 4) is 0 Å². The lowest BCUT2D eigenvalue weighted by Gasteiger charge is -2.26. The molecule has 1 aliphatic rings. The molecule has 0 atom stereocenters. The molecule has 2 amide bonds. The van der Waals surface area contributed by atoms with Crippen molar-refractivity contribution < 1.29 is 19.4 Å². The van der Waals surface area contributed by atoms with E-state index in [4.69, 9.17) is 9.84 Å². The van der Waals surface area contributed by atoms with Crippen LogP contribution in [0.15, 0.2) is 0 Å². The van der Waals surface area contributed by atoms with Crippen molar-refractivity contribution in [3.05, 3.63) is 0 Å². The maximum absolute atomic E-state index is 11.6. The quantitative estimate of drug-likeness (QED) is 0.568. The van der Waals surface area contributed by atoms with Gasteiger partial charge < -0.3 is 20.5 Å². The van der Waals surface area contributed by atoms with Crippen LogP contribution < -0.4 is 10.6 Å². The molecule has 21 heavy (non-hydrogen) atoms. The fraction of sp³-hybridized carbons (Fsp3) is 0.867. The summed E-state index contributed by atoms with van der Waals surface area (Å²) in [6.45, 7) is 2.09. The number of ether oxygens (including phenoxy) is 1. The van der Waals surface area contributed by atoms with E-state index in [-0.39, 0.29) is 11.9 Å². The molecule has 6 nitrogen and oxygen atoms in total. The van der Waals surface area contributed by atoms with E-state index in [1.54, 1.807) is 7.11 Å². The summed E-state index contributed by atoms with van der Waals surface area (Å²) < 4.78 is 4.96. The number of hydrogen-bond donors (Lipinski definition) is 3. The Balaban J connectivity index is 1.99. The first kappa shape index (κ1) is 17.8. The minimum atomic E-state index is -0.687. The number of carbonyl (C=O) groups is 2. The van der Waals surface area contributed by atoms with Crippen molar-refractivity contribution in [2.75, 3.05) is 26.8 Å². The molecule has 122 valence electrons. The molecule has 0 bridgehead atoms. The zero-order valence-corrected chi connectivity index (χ0v) is 12.9. The van der Waals surface area contributed by atoms with Crippen molar-refractivity contribution in [3.63, 3.8) is 0 Å². The molecule has 0 spiro atoms. The van der Waals surface area contributed by atoms with Gasteiger partial charge in [-0.05, 0) is 50.9 Å². The highest BCUT2D eigenvalue weighted by Crippen LogP contribution is 2.28. The third kappa shape index (κ3) is 7.90. The largest absolute Gasteiger partial charge is 0.481 e. The average Bonchev–Trinajstić information content (AvgIpc) is 2.49. The van der Waals surface area contributed by atoms with Crippen molar-refractivity contribution in [1.82, 2.24) is 10.6 Å². The fourth-order valence-corrected chi connectivity index (χ4v) is 2.66. The van der Waals surface area contributed by atoms with Crippen LogP contribution in [-0.2, 0) is 9.53 Å². The zero-order chi connectivity index (χ0) is 15.5. The second kappa shape index (κ2) is 10.4. The summed E-state index contributed by atoms with van der Waals surface area (Å²) in [5.74, 6) is -0.470. The maximum atomic E-state index is 11.6. The number of unbranched alkanes of at least 4 members (excludes halogenated alkanes) is 2. The summed E-state index contributed by atoms with van der Waals surface area (Å²) >= 11 is 0. The first-order valence-electron chi connectivity index (χ1n) is 7.87. The predicted octanol–water partition coefficient (Wildman–Crippen LogP) is 1.99. The van der Waals surface area contributed by atoms with Crippen molar-refractivity contribution >= 4 is 12.0 Å². The molecule has 0 aromatic heterocycles. The Morgan fingerprint density at radius 2 is 1.81 bits per heavy atom. The molecule has 6 heteroatoms. The zero-order valence-electron chi connectivity index (χ0n) is 12.9. The van der Waals surface area contributed by atoms with Crippen molar-refractivity contribution in [2.45, 2.75) is 44.9 Å². The predicted molar refractivity (Wildman–Crippen MR) is 80.2 cm³/mol. The number of urea groups is 1. The van der Waals surface area contributed by atoms with Gasteiger partial charge in [-0.15, -0.1) is 0 Å². The number of carboxylic acid groups (broad SMARTS) is 1. The normalized spacial score (nSPS) is 21.8. The number of hydrogen-bond acceptors (Lipinski definition) is 3. The lowest BCUT2D eigenvalue weighted by Crippen LogP contribution is -2.39. The van der Waals surface area contributed by atoms with Crippen LogP contribution in [0, 0.1) is 11.8 Å². The Labute approximate surface area is 126 Å². The highest BCUT2D eigenvalue weighted by atomic mass is 16.5. The number of carbonyl (C=O) groups excluding carboxylic acids is 1. The summed E-state index contributed by atoms with van der Waals surface area (Å²) in [7, 11) is 1.69. The SMILES string of the molecule is COCCCCCNC(=O)NCC1CCC(C(=O)O)CC1. The minimum absolute atomic E-state index is 0.123. The van der Waals surface area contributed by atoms with Crippen LogP contribution in [-0.4, -0.2) is 43.9 Å². The van der Waals surface area contributed by atoms with Gasteiger partial charge in [0.05, 0.1) is 5.92 Å². The molecule has 0 aromatic rings. The molecule has 0 radical (unpaired) electrons. The Morgan fingerprint density at radius 1 is 1.10 bits per heavy atom. The maximum Gasteiger partial charge on any atom is 0.314 e. The molecule has 3 N–H and O–H groups in total. The Morgan fingerprint density at radius 3 is 2.43 bits per heavy atom. The van der Waals surface area contributed by atoms with Gasteiger partial charge in [0.2, 0.25) is 0 Å². The average molecular weight is 300 g/mol. The number of amides is 2.